The van der Waals surface area contributed by atoms with Crippen molar-refractivity contribution >= 4 is 29.9 Å². The Hall–Kier alpha value is -0.0400. The fourth-order valence-corrected chi connectivity index (χ4v) is 3.21. The topological polar surface area (TPSA) is 39.7 Å². The van der Waals surface area contributed by atoms with E-state index in [4.69, 9.17) is 4.99 Å². The zero-order valence-corrected chi connectivity index (χ0v) is 17.1. The lowest BCUT2D eigenvalue weighted by atomic mass is 10.0. The standard InChI is InChI=1S/C17H34N4.HI/c1-5-18-17(20-16-11-14(16)4)19-12-15(10-13(2)3)21-8-6-7-9-21;/h13-16H,5-12H2,1-4H3,(H2,18,19,20);1H. The smallest absolute Gasteiger partial charge is 0.191 e. The molecule has 0 bridgehead atoms. The summed E-state index contributed by atoms with van der Waals surface area (Å²) < 4.78 is 0. The molecule has 1 heterocycles. The first-order chi connectivity index (χ1) is 10.1. The molecule has 0 aromatic heterocycles. The highest BCUT2D eigenvalue weighted by molar-refractivity contribution is 14.0. The number of guanidine groups is 1. The van der Waals surface area contributed by atoms with Crippen LogP contribution in [0.1, 0.15) is 53.4 Å². The Balaban J connectivity index is 0.00000242. The molecule has 2 N–H and O–H groups in total. The molecule has 1 saturated heterocycles. The van der Waals surface area contributed by atoms with Crippen molar-refractivity contribution in [3.05, 3.63) is 0 Å². The van der Waals surface area contributed by atoms with Crippen molar-refractivity contribution in [1.82, 2.24) is 15.5 Å². The van der Waals surface area contributed by atoms with Crippen LogP contribution in [-0.2, 0) is 0 Å². The third-order valence-corrected chi connectivity index (χ3v) is 4.64. The number of hydrogen-bond donors (Lipinski definition) is 2. The van der Waals surface area contributed by atoms with Gasteiger partial charge in [-0.2, -0.15) is 0 Å². The molecule has 22 heavy (non-hydrogen) atoms. The molecule has 2 fully saturated rings. The molecule has 0 spiro atoms. The molecule has 0 radical (unpaired) electrons. The average Bonchev–Trinajstić information content (AvgIpc) is 2.93. The predicted molar refractivity (Wildman–Crippen MR) is 106 cm³/mol. The zero-order valence-electron chi connectivity index (χ0n) is 14.8. The van der Waals surface area contributed by atoms with Gasteiger partial charge in [0.2, 0.25) is 0 Å². The first-order valence-electron chi connectivity index (χ1n) is 8.89. The van der Waals surface area contributed by atoms with Gasteiger partial charge in [-0.15, -0.1) is 24.0 Å². The molecule has 0 aromatic rings. The second-order valence-electron chi connectivity index (χ2n) is 7.21. The Morgan fingerprint density at radius 1 is 1.27 bits per heavy atom. The summed E-state index contributed by atoms with van der Waals surface area (Å²) in [5, 5.41) is 6.96. The third-order valence-electron chi connectivity index (χ3n) is 4.64. The molecular weight excluding hydrogens is 387 g/mol. The van der Waals surface area contributed by atoms with Gasteiger partial charge in [-0.1, -0.05) is 20.8 Å². The van der Waals surface area contributed by atoms with Crippen LogP contribution in [0.25, 0.3) is 0 Å². The maximum atomic E-state index is 4.88. The van der Waals surface area contributed by atoms with Gasteiger partial charge in [-0.25, -0.2) is 0 Å². The lowest BCUT2D eigenvalue weighted by Gasteiger charge is -2.28. The van der Waals surface area contributed by atoms with Crippen molar-refractivity contribution in [3.8, 4) is 0 Å². The molecule has 1 aliphatic heterocycles. The van der Waals surface area contributed by atoms with Crippen LogP contribution >= 0.6 is 24.0 Å². The van der Waals surface area contributed by atoms with E-state index in [0.29, 0.717) is 12.1 Å². The van der Waals surface area contributed by atoms with E-state index < -0.39 is 0 Å². The van der Waals surface area contributed by atoms with Crippen LogP contribution in [0.15, 0.2) is 4.99 Å². The Kier molecular flexibility index (Phi) is 9.05. The molecule has 0 aromatic carbocycles. The summed E-state index contributed by atoms with van der Waals surface area (Å²) in [5.74, 6) is 2.56. The number of halogens is 1. The van der Waals surface area contributed by atoms with Gasteiger partial charge >= 0.3 is 0 Å². The number of nitrogens with zero attached hydrogens (tertiary/aromatic N) is 2. The monoisotopic (exact) mass is 422 g/mol. The molecule has 1 aliphatic carbocycles. The van der Waals surface area contributed by atoms with Crippen LogP contribution in [0.5, 0.6) is 0 Å². The molecule has 0 amide bonds. The van der Waals surface area contributed by atoms with E-state index in [1.165, 1.54) is 38.8 Å². The van der Waals surface area contributed by atoms with Gasteiger partial charge in [0.05, 0.1) is 6.54 Å². The molecule has 2 rings (SSSR count). The highest BCUT2D eigenvalue weighted by atomic mass is 127. The van der Waals surface area contributed by atoms with Crippen molar-refractivity contribution in [2.45, 2.75) is 65.5 Å². The van der Waals surface area contributed by atoms with Gasteiger partial charge in [0.15, 0.2) is 5.96 Å². The number of rotatable bonds is 7. The normalized spacial score (nSPS) is 26.7. The van der Waals surface area contributed by atoms with Gasteiger partial charge in [0.25, 0.3) is 0 Å². The summed E-state index contributed by atoms with van der Waals surface area (Å²) in [7, 11) is 0. The van der Waals surface area contributed by atoms with E-state index in [1.807, 2.05) is 0 Å². The van der Waals surface area contributed by atoms with E-state index in [0.717, 1.165) is 30.9 Å². The van der Waals surface area contributed by atoms with Crippen LogP contribution in [0, 0.1) is 11.8 Å². The predicted octanol–water partition coefficient (Wildman–Crippen LogP) is 3.08. The fraction of sp³-hybridized carbons (Fsp3) is 0.941. The molecular formula is C17H35IN4. The first-order valence-corrected chi connectivity index (χ1v) is 8.89. The van der Waals surface area contributed by atoms with Crippen molar-refractivity contribution < 1.29 is 0 Å². The third kappa shape index (κ3) is 6.60. The van der Waals surface area contributed by atoms with E-state index in [2.05, 4.69) is 43.2 Å². The summed E-state index contributed by atoms with van der Waals surface area (Å²) in [6.45, 7) is 13.5. The van der Waals surface area contributed by atoms with Gasteiger partial charge in [0.1, 0.15) is 0 Å². The molecule has 1 saturated carbocycles. The lowest BCUT2D eigenvalue weighted by molar-refractivity contribution is 0.218. The van der Waals surface area contributed by atoms with Crippen LogP contribution in [-0.4, -0.2) is 49.1 Å². The minimum absolute atomic E-state index is 0. The first kappa shape index (κ1) is 20.0. The van der Waals surface area contributed by atoms with Crippen LogP contribution in [0.4, 0.5) is 0 Å². The van der Waals surface area contributed by atoms with Crippen molar-refractivity contribution in [1.29, 1.82) is 0 Å². The largest absolute Gasteiger partial charge is 0.357 e. The Morgan fingerprint density at radius 3 is 2.41 bits per heavy atom. The Morgan fingerprint density at radius 2 is 1.91 bits per heavy atom. The summed E-state index contributed by atoms with van der Waals surface area (Å²) in [6.07, 6.45) is 5.25. The summed E-state index contributed by atoms with van der Waals surface area (Å²) >= 11 is 0. The highest BCUT2D eigenvalue weighted by Crippen LogP contribution is 2.28. The zero-order chi connectivity index (χ0) is 15.2. The number of likely N-dealkylation sites (tertiary alicyclic amines) is 1. The van der Waals surface area contributed by atoms with Crippen molar-refractivity contribution in [3.63, 3.8) is 0 Å². The molecule has 4 nitrogen and oxygen atoms in total. The van der Waals surface area contributed by atoms with Crippen LogP contribution in [0.2, 0.25) is 0 Å². The van der Waals surface area contributed by atoms with E-state index in [1.54, 1.807) is 0 Å². The quantitative estimate of drug-likeness (QED) is 0.376. The molecule has 130 valence electrons. The van der Waals surface area contributed by atoms with Gasteiger partial charge < -0.3 is 10.6 Å². The van der Waals surface area contributed by atoms with E-state index >= 15 is 0 Å². The van der Waals surface area contributed by atoms with Crippen LogP contribution in [0.3, 0.4) is 0 Å². The minimum Gasteiger partial charge on any atom is -0.357 e. The van der Waals surface area contributed by atoms with E-state index in [-0.39, 0.29) is 24.0 Å². The number of hydrogen-bond acceptors (Lipinski definition) is 2. The maximum absolute atomic E-state index is 4.88. The summed E-state index contributed by atoms with van der Waals surface area (Å²) in [6, 6.07) is 1.25. The molecule has 3 unspecified atom stereocenters. The van der Waals surface area contributed by atoms with Gasteiger partial charge in [-0.3, -0.25) is 9.89 Å². The van der Waals surface area contributed by atoms with Gasteiger partial charge in [0, 0.05) is 18.6 Å². The summed E-state index contributed by atoms with van der Waals surface area (Å²) in [4.78, 5) is 7.52. The van der Waals surface area contributed by atoms with E-state index in [9.17, 15) is 0 Å². The average molecular weight is 422 g/mol. The van der Waals surface area contributed by atoms with Crippen LogP contribution < -0.4 is 10.6 Å². The highest BCUT2D eigenvalue weighted by Gasteiger charge is 2.33. The maximum Gasteiger partial charge on any atom is 0.191 e. The van der Waals surface area contributed by atoms with Crippen molar-refractivity contribution in [2.75, 3.05) is 26.2 Å². The summed E-state index contributed by atoms with van der Waals surface area (Å²) in [5.41, 5.74) is 0. The molecule has 5 heteroatoms. The second-order valence-corrected chi connectivity index (χ2v) is 7.21. The Bertz CT molecular complexity index is 340. The number of aliphatic imine (C=N–C) groups is 1. The minimum atomic E-state index is 0. The second kappa shape index (κ2) is 9.96. The SMILES string of the molecule is CCNC(=NCC(CC(C)C)N1CCCC1)NC1CC1C.I. The molecule has 3 atom stereocenters. The lowest BCUT2D eigenvalue weighted by Crippen LogP contribution is -2.41. The van der Waals surface area contributed by atoms with Crippen molar-refractivity contribution in [2.24, 2.45) is 16.8 Å². The fourth-order valence-electron chi connectivity index (χ4n) is 3.21. The van der Waals surface area contributed by atoms with Gasteiger partial charge in [-0.05, 0) is 57.5 Å². The number of nitrogens with one attached hydrogen (secondary N) is 2. The molecule has 2 aliphatic rings. The Labute approximate surface area is 153 Å².